The summed E-state index contributed by atoms with van der Waals surface area (Å²) in [6.45, 7) is 0.202. The first-order valence-electron chi connectivity index (χ1n) is 18.3. The Bertz CT molecular complexity index is 2470. The number of aromatic nitrogens is 4. The van der Waals surface area contributed by atoms with Crippen molar-refractivity contribution in [2.24, 2.45) is 0 Å². The number of hydrogen-bond donors (Lipinski definition) is 4. The quantitative estimate of drug-likeness (QED) is 0.157. The molecule has 15 heteroatoms. The Kier molecular flexibility index (Phi) is 8.66. The number of nitrogens with two attached hydrogens (primary N) is 2. The smallest absolute Gasteiger partial charge is 0.494 e. The maximum atomic E-state index is 10.1. The van der Waals surface area contributed by atoms with Crippen molar-refractivity contribution in [3.05, 3.63) is 84.2 Å². The van der Waals surface area contributed by atoms with E-state index in [1.807, 2.05) is 48.5 Å². The second kappa shape index (κ2) is 13.5. The molecule has 0 spiro atoms. The Hall–Kier alpha value is -5.31. The van der Waals surface area contributed by atoms with Crippen molar-refractivity contribution in [3.8, 4) is 33.8 Å². The summed E-state index contributed by atoms with van der Waals surface area (Å²) in [4.78, 5) is 0. The Balaban J connectivity index is 0.997. The highest BCUT2D eigenvalue weighted by molar-refractivity contribution is 6.62. The van der Waals surface area contributed by atoms with Gasteiger partial charge in [0.2, 0.25) is 0 Å². The van der Waals surface area contributed by atoms with Crippen LogP contribution in [0.25, 0.3) is 44.1 Å². The Morgan fingerprint density at radius 2 is 1.47 bits per heavy atom. The number of ether oxygens (including phenoxy) is 3. The van der Waals surface area contributed by atoms with Crippen LogP contribution in [0.2, 0.25) is 0 Å². The number of benzene rings is 4. The molecule has 3 heterocycles. The fourth-order valence-corrected chi connectivity index (χ4v) is 9.26. The molecule has 1 aliphatic heterocycles. The normalized spacial score (nSPS) is 21.6. The molecule has 2 atom stereocenters. The van der Waals surface area contributed by atoms with Gasteiger partial charge < -0.3 is 45.0 Å². The number of methoxy groups -OCH3 is 3. The first-order valence-corrected chi connectivity index (χ1v) is 18.3. The van der Waals surface area contributed by atoms with Gasteiger partial charge in [-0.1, -0.05) is 30.3 Å². The standard InChI is InChI=1S/C40H40B2N6O7/c1-51-21-24-15-36(53-3)30(17-31(24)41(49)50)23-6-9-28-34(14-23)47-48-38(37(28)44)25-18-39-11-4-12-40(39,19-25)55-42(54-39)26-7-10-35(52-2)29(16-26)22-5-8-27-32(43)20-45-46-33(27)13-22/h5-10,13-17,20,25,49-50H,4,11-12,18-19,21H2,1-3H3,(H2,43,46)(H2,44,47). The van der Waals surface area contributed by atoms with Crippen LogP contribution in [-0.4, -0.2) is 77.2 Å². The molecule has 2 aliphatic carbocycles. The minimum Gasteiger partial charge on any atom is -0.496 e. The molecular weight excluding hydrogens is 698 g/mol. The summed E-state index contributed by atoms with van der Waals surface area (Å²) in [7, 11) is 2.56. The average Bonchev–Trinajstić information content (AvgIpc) is 3.79. The minimum absolute atomic E-state index is 0.00239. The van der Waals surface area contributed by atoms with Crippen LogP contribution in [0.1, 0.15) is 49.3 Å². The van der Waals surface area contributed by atoms with E-state index in [2.05, 4.69) is 21.4 Å². The van der Waals surface area contributed by atoms with E-state index in [1.165, 1.54) is 0 Å². The monoisotopic (exact) mass is 738 g/mol. The van der Waals surface area contributed by atoms with Crippen molar-refractivity contribution < 1.29 is 33.6 Å². The second-order valence-corrected chi connectivity index (χ2v) is 14.8. The lowest BCUT2D eigenvalue weighted by Gasteiger charge is -2.31. The van der Waals surface area contributed by atoms with Crippen LogP contribution in [0.4, 0.5) is 11.4 Å². The zero-order chi connectivity index (χ0) is 38.1. The van der Waals surface area contributed by atoms with Gasteiger partial charge in [-0.15, -0.1) is 0 Å². The summed E-state index contributed by atoms with van der Waals surface area (Å²) >= 11 is 0. The molecular formula is C40H40B2N6O7. The van der Waals surface area contributed by atoms with Crippen LogP contribution in [-0.2, 0) is 20.7 Å². The topological polar surface area (TPSA) is 190 Å². The van der Waals surface area contributed by atoms with Gasteiger partial charge >= 0.3 is 14.2 Å². The number of fused-ring (bicyclic) bond motifs is 2. The molecule has 55 heavy (non-hydrogen) atoms. The van der Waals surface area contributed by atoms with Gasteiger partial charge in [-0.25, -0.2) is 0 Å². The predicted molar refractivity (Wildman–Crippen MR) is 211 cm³/mol. The third-order valence-corrected chi connectivity index (χ3v) is 11.9. The summed E-state index contributed by atoms with van der Waals surface area (Å²) in [6.07, 6.45) is 5.77. The van der Waals surface area contributed by atoms with Gasteiger partial charge in [0.25, 0.3) is 0 Å². The Morgan fingerprint density at radius 3 is 2.15 bits per heavy atom. The van der Waals surface area contributed by atoms with Gasteiger partial charge in [0.05, 0.1) is 66.3 Å². The maximum absolute atomic E-state index is 10.1. The van der Waals surface area contributed by atoms with E-state index in [1.54, 1.807) is 39.7 Å². The molecule has 0 bridgehead atoms. The van der Waals surface area contributed by atoms with E-state index in [-0.39, 0.29) is 12.5 Å². The van der Waals surface area contributed by atoms with Gasteiger partial charge in [0.15, 0.2) is 0 Å². The van der Waals surface area contributed by atoms with E-state index in [9.17, 15) is 10.0 Å². The lowest BCUT2D eigenvalue weighted by atomic mass is 9.75. The summed E-state index contributed by atoms with van der Waals surface area (Å²) < 4.78 is 30.7. The predicted octanol–water partition coefficient (Wildman–Crippen LogP) is 3.90. The fraction of sp³-hybridized carbons (Fsp3) is 0.300. The van der Waals surface area contributed by atoms with Gasteiger partial charge in [0.1, 0.15) is 11.5 Å². The molecule has 2 saturated carbocycles. The summed E-state index contributed by atoms with van der Waals surface area (Å²) in [5, 5.41) is 39.5. The van der Waals surface area contributed by atoms with Crippen molar-refractivity contribution in [1.29, 1.82) is 0 Å². The Morgan fingerprint density at radius 1 is 0.800 bits per heavy atom. The van der Waals surface area contributed by atoms with E-state index < -0.39 is 25.4 Å². The van der Waals surface area contributed by atoms with Crippen LogP contribution in [0.3, 0.4) is 0 Å². The highest BCUT2D eigenvalue weighted by Crippen LogP contribution is 2.63. The van der Waals surface area contributed by atoms with Crippen LogP contribution >= 0.6 is 0 Å². The molecule has 0 radical (unpaired) electrons. The maximum Gasteiger partial charge on any atom is 0.494 e. The number of nitrogen functional groups attached to an aromatic ring is 2. The van der Waals surface area contributed by atoms with Crippen molar-refractivity contribution in [1.82, 2.24) is 20.4 Å². The van der Waals surface area contributed by atoms with Crippen molar-refractivity contribution in [2.45, 2.75) is 55.8 Å². The summed E-state index contributed by atoms with van der Waals surface area (Å²) in [5.41, 5.74) is 20.4. The van der Waals surface area contributed by atoms with Gasteiger partial charge in [0, 0.05) is 34.9 Å². The molecule has 278 valence electrons. The highest BCUT2D eigenvalue weighted by Gasteiger charge is 2.69. The van der Waals surface area contributed by atoms with E-state index in [0.717, 1.165) is 76.5 Å². The molecule has 2 aromatic heterocycles. The molecule has 1 saturated heterocycles. The van der Waals surface area contributed by atoms with Crippen molar-refractivity contribution in [2.75, 3.05) is 32.8 Å². The number of rotatable bonds is 9. The van der Waals surface area contributed by atoms with Crippen molar-refractivity contribution >= 4 is 58.3 Å². The third-order valence-electron chi connectivity index (χ3n) is 11.9. The number of anilines is 2. The van der Waals surface area contributed by atoms with E-state index in [4.69, 9.17) is 40.1 Å². The third kappa shape index (κ3) is 5.68. The lowest BCUT2D eigenvalue weighted by Crippen LogP contribution is -2.41. The molecule has 6 N–H and O–H groups in total. The molecule has 13 nitrogen and oxygen atoms in total. The second-order valence-electron chi connectivity index (χ2n) is 14.8. The lowest BCUT2D eigenvalue weighted by molar-refractivity contribution is 0.00578. The molecule has 3 fully saturated rings. The molecule has 3 aliphatic rings. The first-order chi connectivity index (χ1) is 26.7. The first kappa shape index (κ1) is 35.4. The molecule has 2 unspecified atom stereocenters. The van der Waals surface area contributed by atoms with Gasteiger partial charge in [-0.2, -0.15) is 20.4 Å². The zero-order valence-electron chi connectivity index (χ0n) is 30.8. The highest BCUT2D eigenvalue weighted by atomic mass is 16.7. The van der Waals surface area contributed by atoms with E-state index in [0.29, 0.717) is 44.7 Å². The Labute approximate surface area is 318 Å². The number of nitrogens with zero attached hydrogens (tertiary/aromatic N) is 4. The summed E-state index contributed by atoms with van der Waals surface area (Å²) in [5.74, 6) is 1.28. The van der Waals surface area contributed by atoms with Gasteiger partial charge in [-0.3, -0.25) is 0 Å². The largest absolute Gasteiger partial charge is 0.496 e. The minimum atomic E-state index is -1.68. The van der Waals surface area contributed by atoms with Gasteiger partial charge in [-0.05, 0) is 96.1 Å². The van der Waals surface area contributed by atoms with Crippen LogP contribution in [0.5, 0.6) is 11.5 Å². The SMILES string of the molecule is COCc1cc(OC)c(-c2ccc3c(N)c(C4CC56CCCC5(C4)OB(c4ccc(OC)c(-c5ccc7c(N)cnnc7c5)c4)O6)nnc3c2)cc1B(O)O. The number of hydrogen-bond acceptors (Lipinski definition) is 13. The fourth-order valence-electron chi connectivity index (χ4n) is 9.26. The van der Waals surface area contributed by atoms with Crippen LogP contribution in [0.15, 0.2) is 72.9 Å². The van der Waals surface area contributed by atoms with Crippen LogP contribution in [0, 0.1) is 0 Å². The summed E-state index contributed by atoms with van der Waals surface area (Å²) in [6, 6.07) is 21.2. The van der Waals surface area contributed by atoms with Crippen molar-refractivity contribution in [3.63, 3.8) is 0 Å². The van der Waals surface area contributed by atoms with E-state index >= 15 is 0 Å². The molecule has 0 amide bonds. The molecule has 9 rings (SSSR count). The average molecular weight is 738 g/mol. The zero-order valence-corrected chi connectivity index (χ0v) is 30.8. The molecule has 4 aromatic carbocycles. The van der Waals surface area contributed by atoms with Crippen LogP contribution < -0.4 is 31.9 Å². The molecule has 6 aromatic rings.